The Morgan fingerprint density at radius 2 is 1.94 bits per heavy atom. The first-order valence-corrected chi connectivity index (χ1v) is 5.07. The second-order valence-electron chi connectivity index (χ2n) is 2.82. The minimum Gasteiger partial charge on any atom is -0.321 e. The fourth-order valence-electron chi connectivity index (χ4n) is 1.05. The van der Waals surface area contributed by atoms with Crippen molar-refractivity contribution in [2.24, 2.45) is 0 Å². The van der Waals surface area contributed by atoms with E-state index in [-0.39, 0.29) is 20.8 Å². The van der Waals surface area contributed by atoms with Gasteiger partial charge in [-0.2, -0.15) is 0 Å². The number of hydrogen-bond donors (Lipinski definition) is 1. The van der Waals surface area contributed by atoms with Crippen LogP contribution in [0.1, 0.15) is 6.92 Å². The van der Waals surface area contributed by atoms with E-state index < -0.39 is 16.5 Å². The van der Waals surface area contributed by atoms with Crippen LogP contribution in [-0.4, -0.2) is 10.8 Å². The van der Waals surface area contributed by atoms with Crippen LogP contribution < -0.4 is 5.32 Å². The molecule has 0 bridgehead atoms. The molecule has 0 spiro atoms. The first-order valence-electron chi connectivity index (χ1n) is 3.94. The molecule has 0 unspecified atom stereocenters. The summed E-state index contributed by atoms with van der Waals surface area (Å²) >= 11 is 17.0. The quantitative estimate of drug-likeness (QED) is 0.513. The van der Waals surface area contributed by atoms with Crippen molar-refractivity contribution in [2.45, 2.75) is 6.92 Å². The molecule has 1 N–H and O–H groups in total. The second-order valence-corrected chi connectivity index (χ2v) is 3.98. The average Bonchev–Trinajstić information content (AvgIpc) is 2.12. The number of nitro benzene ring substituents is 1. The number of nitrogens with one attached hydrogen (secondary N) is 1. The lowest BCUT2D eigenvalue weighted by Gasteiger charge is -2.07. The molecule has 5 nitrogen and oxygen atoms in total. The molecule has 0 saturated heterocycles. The summed E-state index contributed by atoms with van der Waals surface area (Å²) in [6.45, 7) is 1.21. The van der Waals surface area contributed by atoms with Gasteiger partial charge in [0.1, 0.15) is 10.7 Å². The second kappa shape index (κ2) is 4.86. The molecule has 0 fully saturated rings. The minimum absolute atomic E-state index is 0.0287. The van der Waals surface area contributed by atoms with Crippen LogP contribution in [0, 0.1) is 10.1 Å². The van der Waals surface area contributed by atoms with Gasteiger partial charge in [-0.05, 0) is 6.07 Å². The third-order valence-electron chi connectivity index (χ3n) is 1.63. The van der Waals surface area contributed by atoms with Gasteiger partial charge in [-0.1, -0.05) is 34.8 Å². The first-order chi connectivity index (χ1) is 7.34. The molecule has 8 heteroatoms. The van der Waals surface area contributed by atoms with Crippen LogP contribution in [0.4, 0.5) is 11.4 Å². The van der Waals surface area contributed by atoms with Crippen LogP contribution >= 0.6 is 34.8 Å². The van der Waals surface area contributed by atoms with E-state index >= 15 is 0 Å². The van der Waals surface area contributed by atoms with Gasteiger partial charge in [0.05, 0.1) is 15.0 Å². The van der Waals surface area contributed by atoms with Crippen molar-refractivity contribution in [3.8, 4) is 0 Å². The van der Waals surface area contributed by atoms with Crippen molar-refractivity contribution >= 4 is 52.1 Å². The number of hydrogen-bond acceptors (Lipinski definition) is 3. The van der Waals surface area contributed by atoms with Crippen molar-refractivity contribution in [2.75, 3.05) is 5.32 Å². The smallest absolute Gasteiger partial charge is 0.312 e. The molecule has 86 valence electrons. The van der Waals surface area contributed by atoms with Crippen LogP contribution in [0.25, 0.3) is 0 Å². The lowest BCUT2D eigenvalue weighted by atomic mass is 10.2. The Bertz CT molecular complexity index is 476. The molecule has 0 atom stereocenters. The van der Waals surface area contributed by atoms with Gasteiger partial charge >= 0.3 is 5.69 Å². The zero-order chi connectivity index (χ0) is 12.5. The molecule has 16 heavy (non-hydrogen) atoms. The Morgan fingerprint density at radius 1 is 1.38 bits per heavy atom. The zero-order valence-corrected chi connectivity index (χ0v) is 10.2. The monoisotopic (exact) mass is 282 g/mol. The summed E-state index contributed by atoms with van der Waals surface area (Å²) in [5.41, 5.74) is -0.567. The van der Waals surface area contributed by atoms with Crippen molar-refractivity contribution in [3.05, 3.63) is 31.2 Å². The molecule has 1 aromatic carbocycles. The van der Waals surface area contributed by atoms with E-state index in [9.17, 15) is 14.9 Å². The van der Waals surface area contributed by atoms with Gasteiger partial charge in [0.2, 0.25) is 5.91 Å². The third kappa shape index (κ3) is 2.55. The summed E-state index contributed by atoms with van der Waals surface area (Å²) in [6, 6.07) is 1.18. The summed E-state index contributed by atoms with van der Waals surface area (Å²) in [4.78, 5) is 20.9. The third-order valence-corrected chi connectivity index (χ3v) is 2.88. The summed E-state index contributed by atoms with van der Waals surface area (Å²) < 4.78 is 0. The summed E-state index contributed by atoms with van der Waals surface area (Å²) in [7, 11) is 0. The maximum absolute atomic E-state index is 10.8. The predicted molar refractivity (Wildman–Crippen MR) is 62.4 cm³/mol. The summed E-state index contributed by atoms with van der Waals surface area (Å²) in [6.07, 6.45) is 0. The Hall–Kier alpha value is -1.04. The van der Waals surface area contributed by atoms with Crippen LogP contribution in [0.15, 0.2) is 6.07 Å². The van der Waals surface area contributed by atoms with Crippen molar-refractivity contribution in [1.29, 1.82) is 0 Å². The normalized spacial score (nSPS) is 10.0. The van der Waals surface area contributed by atoms with Gasteiger partial charge < -0.3 is 5.32 Å². The number of nitro groups is 1. The number of rotatable bonds is 2. The van der Waals surface area contributed by atoms with Gasteiger partial charge in [0, 0.05) is 6.92 Å². The van der Waals surface area contributed by atoms with Gasteiger partial charge in [0.15, 0.2) is 0 Å². The number of nitrogens with zero attached hydrogens (tertiary/aromatic N) is 1. The number of carbonyl (C=O) groups excluding carboxylic acids is 1. The number of benzene rings is 1. The van der Waals surface area contributed by atoms with Crippen LogP contribution in [0.3, 0.4) is 0 Å². The molecule has 0 aromatic heterocycles. The molecular weight excluding hydrogens is 278 g/mol. The van der Waals surface area contributed by atoms with E-state index in [4.69, 9.17) is 34.8 Å². The van der Waals surface area contributed by atoms with E-state index in [1.54, 1.807) is 0 Å². The first kappa shape index (κ1) is 13.0. The Morgan fingerprint density at radius 3 is 2.38 bits per heavy atom. The Kier molecular flexibility index (Phi) is 3.96. The molecule has 0 heterocycles. The van der Waals surface area contributed by atoms with Crippen molar-refractivity contribution in [3.63, 3.8) is 0 Å². The van der Waals surface area contributed by atoms with E-state index in [1.165, 1.54) is 13.0 Å². The van der Waals surface area contributed by atoms with E-state index in [1.807, 2.05) is 0 Å². The lowest BCUT2D eigenvalue weighted by Crippen LogP contribution is -2.08. The standard InChI is InChI=1S/C8H5Cl3N2O3/c1-3(14)12-5-2-4(9)6(10)7(11)8(5)13(15)16/h2H,1H3,(H,12,14). The summed E-state index contributed by atoms with van der Waals surface area (Å²) in [5.74, 6) is -0.474. The number of carbonyl (C=O) groups is 1. The fourth-order valence-corrected chi connectivity index (χ4v) is 1.72. The molecule has 1 aromatic rings. The van der Waals surface area contributed by atoms with Gasteiger partial charge in [0.25, 0.3) is 0 Å². The van der Waals surface area contributed by atoms with Crippen molar-refractivity contribution < 1.29 is 9.72 Å². The van der Waals surface area contributed by atoms with E-state index in [0.29, 0.717) is 0 Å². The number of anilines is 1. The Labute approximate surface area is 105 Å². The molecule has 1 rings (SSSR count). The van der Waals surface area contributed by atoms with Crippen LogP contribution in [0.2, 0.25) is 15.1 Å². The maximum Gasteiger partial charge on any atom is 0.312 e. The fraction of sp³-hybridized carbons (Fsp3) is 0.125. The topological polar surface area (TPSA) is 72.2 Å². The van der Waals surface area contributed by atoms with Gasteiger partial charge in [-0.25, -0.2) is 0 Å². The SMILES string of the molecule is CC(=O)Nc1cc(Cl)c(Cl)c(Cl)c1[N+](=O)[O-]. The molecule has 0 saturated carbocycles. The van der Waals surface area contributed by atoms with Gasteiger partial charge in [-0.15, -0.1) is 0 Å². The Balaban J connectivity index is 3.46. The molecule has 1 amide bonds. The highest BCUT2D eigenvalue weighted by Crippen LogP contribution is 2.42. The highest BCUT2D eigenvalue weighted by molar-refractivity contribution is 6.49. The number of amides is 1. The molecule has 0 aliphatic heterocycles. The molecule has 0 radical (unpaired) electrons. The minimum atomic E-state index is -0.740. The van der Waals surface area contributed by atoms with E-state index in [2.05, 4.69) is 5.32 Å². The van der Waals surface area contributed by atoms with Gasteiger partial charge in [-0.3, -0.25) is 14.9 Å². The maximum atomic E-state index is 10.8. The largest absolute Gasteiger partial charge is 0.321 e. The van der Waals surface area contributed by atoms with Crippen molar-refractivity contribution in [1.82, 2.24) is 0 Å². The molecule has 0 aliphatic rings. The molecular formula is C8H5Cl3N2O3. The highest BCUT2D eigenvalue weighted by atomic mass is 35.5. The van der Waals surface area contributed by atoms with E-state index in [0.717, 1.165) is 0 Å². The molecule has 0 aliphatic carbocycles. The lowest BCUT2D eigenvalue weighted by molar-refractivity contribution is -0.383. The average molecular weight is 283 g/mol. The number of halogens is 3. The van der Waals surface area contributed by atoms with Crippen LogP contribution in [-0.2, 0) is 4.79 Å². The summed E-state index contributed by atoms with van der Waals surface area (Å²) in [5, 5.41) is 12.6. The highest BCUT2D eigenvalue weighted by Gasteiger charge is 2.24. The predicted octanol–water partition coefficient (Wildman–Crippen LogP) is 3.51. The zero-order valence-electron chi connectivity index (χ0n) is 7.88. The van der Waals surface area contributed by atoms with Crippen LogP contribution in [0.5, 0.6) is 0 Å².